The Bertz CT molecular complexity index is 732. The average Bonchev–Trinajstić information content (AvgIpc) is 2.83. The Kier molecular flexibility index (Phi) is 4.62. The molecule has 1 aliphatic heterocycles. The van der Waals surface area contributed by atoms with Crippen molar-refractivity contribution in [1.82, 2.24) is 0 Å². The summed E-state index contributed by atoms with van der Waals surface area (Å²) < 4.78 is 13.6. The van der Waals surface area contributed by atoms with Crippen LogP contribution in [0, 0.1) is 12.6 Å². The molecule has 0 bridgehead atoms. The number of hydrogen-bond acceptors (Lipinski definition) is 3. The van der Waals surface area contributed by atoms with E-state index in [0.717, 1.165) is 5.75 Å². The molecule has 0 aliphatic carbocycles. The summed E-state index contributed by atoms with van der Waals surface area (Å²) >= 11 is -0.0912. The molecule has 0 unspecified atom stereocenters. The second-order valence-corrected chi connectivity index (χ2v) is 9.60. The molecule has 1 aliphatic rings. The number of benzene rings is 2. The minimum Gasteiger partial charge on any atom is -0.457 e. The van der Waals surface area contributed by atoms with Crippen molar-refractivity contribution in [2.75, 3.05) is 6.79 Å². The zero-order chi connectivity index (χ0) is 16.4. The van der Waals surface area contributed by atoms with Gasteiger partial charge < -0.3 is 9.47 Å². The molecule has 3 nitrogen and oxygen atoms in total. The van der Waals surface area contributed by atoms with Crippen molar-refractivity contribution in [2.24, 2.45) is 5.41 Å². The molecule has 0 saturated carbocycles. The monoisotopic (exact) mass is 423 g/mol. The molecular formula is C19H20IO3+. The summed E-state index contributed by atoms with van der Waals surface area (Å²) in [5, 5.41) is 0. The van der Waals surface area contributed by atoms with E-state index in [4.69, 9.17) is 9.47 Å². The first-order valence-corrected chi connectivity index (χ1v) is 9.75. The normalized spacial score (nSPS) is 12.5. The summed E-state index contributed by atoms with van der Waals surface area (Å²) in [5.41, 5.74) is 2.50. The van der Waals surface area contributed by atoms with E-state index < -0.39 is 0 Å². The molecule has 0 fully saturated rings. The molecule has 2 aromatic rings. The van der Waals surface area contributed by atoms with Gasteiger partial charge in [-0.05, 0) is 35.7 Å². The number of hydrogen-bond donors (Lipinski definition) is 0. The Labute approximate surface area is 147 Å². The van der Waals surface area contributed by atoms with Crippen LogP contribution in [0.25, 0.3) is 11.1 Å². The predicted octanol–water partition coefficient (Wildman–Crippen LogP) is 1.11. The second kappa shape index (κ2) is 6.51. The number of ether oxygens (including phenoxy) is 2. The third kappa shape index (κ3) is 4.05. The fourth-order valence-corrected chi connectivity index (χ4v) is 5.27. The third-order valence-corrected chi connectivity index (χ3v) is 6.47. The second-order valence-electron chi connectivity index (χ2n) is 6.73. The standard InChI is InChI=1S/C19H20IO3/c1-19(2,3)11-18(21)23-12-22-13-8-9-17-15(10-13)14-6-4-5-7-16(14)20-17/h4-10H,11-12H2,1-3H3/q+1. The van der Waals surface area contributed by atoms with E-state index >= 15 is 0 Å². The topological polar surface area (TPSA) is 35.5 Å². The molecule has 0 N–H and O–H groups in total. The first kappa shape index (κ1) is 16.3. The summed E-state index contributed by atoms with van der Waals surface area (Å²) in [6.45, 7) is 5.99. The molecule has 0 amide bonds. The lowest BCUT2D eigenvalue weighted by Crippen LogP contribution is -3.61. The molecular weight excluding hydrogens is 403 g/mol. The fraction of sp³-hybridized carbons (Fsp3) is 0.316. The van der Waals surface area contributed by atoms with Gasteiger partial charge in [0.25, 0.3) is 0 Å². The number of rotatable bonds is 4. The van der Waals surface area contributed by atoms with Crippen LogP contribution in [-0.2, 0) is 9.53 Å². The summed E-state index contributed by atoms with van der Waals surface area (Å²) in [7, 11) is 0. The number of carbonyl (C=O) groups is 1. The molecule has 1 heterocycles. The Morgan fingerprint density at radius 3 is 2.57 bits per heavy atom. The zero-order valence-corrected chi connectivity index (χ0v) is 15.7. The lowest BCUT2D eigenvalue weighted by Gasteiger charge is -2.16. The van der Waals surface area contributed by atoms with E-state index in [1.165, 1.54) is 18.3 Å². The van der Waals surface area contributed by atoms with Gasteiger partial charge in [0.1, 0.15) is 5.75 Å². The van der Waals surface area contributed by atoms with Crippen molar-refractivity contribution in [3.8, 4) is 16.9 Å². The maximum Gasteiger partial charge on any atom is 0.359 e. The van der Waals surface area contributed by atoms with Crippen LogP contribution in [-0.4, -0.2) is 12.8 Å². The van der Waals surface area contributed by atoms with Gasteiger partial charge in [-0.3, -0.25) is 4.79 Å². The maximum absolute atomic E-state index is 11.7. The predicted molar refractivity (Wildman–Crippen MR) is 84.9 cm³/mol. The molecule has 0 radical (unpaired) electrons. The smallest absolute Gasteiger partial charge is 0.359 e. The highest BCUT2D eigenvalue weighted by atomic mass is 127. The Hall–Kier alpha value is -1.56. The van der Waals surface area contributed by atoms with Crippen molar-refractivity contribution >= 4 is 5.97 Å². The van der Waals surface area contributed by atoms with Gasteiger partial charge >= 0.3 is 27.2 Å². The van der Waals surface area contributed by atoms with Gasteiger partial charge in [-0.25, -0.2) is 0 Å². The summed E-state index contributed by atoms with van der Waals surface area (Å²) in [6, 6.07) is 14.7. The summed E-state index contributed by atoms with van der Waals surface area (Å²) in [5.74, 6) is 0.517. The highest BCUT2D eigenvalue weighted by Gasteiger charge is 2.33. The molecule has 2 aromatic carbocycles. The van der Waals surface area contributed by atoms with Crippen molar-refractivity contribution < 1.29 is 35.5 Å². The number of fused-ring (bicyclic) bond motifs is 3. The van der Waals surface area contributed by atoms with E-state index in [2.05, 4.69) is 36.4 Å². The number of esters is 1. The molecule has 23 heavy (non-hydrogen) atoms. The van der Waals surface area contributed by atoms with E-state index in [-0.39, 0.29) is 39.4 Å². The zero-order valence-electron chi connectivity index (χ0n) is 13.6. The largest absolute Gasteiger partial charge is 0.457 e. The summed E-state index contributed by atoms with van der Waals surface area (Å²) in [4.78, 5) is 11.7. The van der Waals surface area contributed by atoms with Gasteiger partial charge in [0.05, 0.1) is 6.42 Å². The quantitative estimate of drug-likeness (QED) is 0.359. The lowest BCUT2D eigenvalue weighted by atomic mass is 9.93. The van der Waals surface area contributed by atoms with E-state index in [1.54, 1.807) is 0 Å². The van der Waals surface area contributed by atoms with Crippen molar-refractivity contribution in [3.05, 3.63) is 49.6 Å². The van der Waals surface area contributed by atoms with Crippen molar-refractivity contribution in [3.63, 3.8) is 0 Å². The number of carbonyl (C=O) groups excluding carboxylic acids is 1. The fourth-order valence-electron chi connectivity index (χ4n) is 2.40. The molecule has 0 spiro atoms. The molecule has 0 atom stereocenters. The van der Waals surface area contributed by atoms with Gasteiger partial charge in [0, 0.05) is 11.1 Å². The lowest BCUT2D eigenvalue weighted by molar-refractivity contribution is -0.589. The van der Waals surface area contributed by atoms with E-state index in [1.807, 2.05) is 26.8 Å². The van der Waals surface area contributed by atoms with Crippen molar-refractivity contribution in [2.45, 2.75) is 27.2 Å². The molecule has 4 heteroatoms. The van der Waals surface area contributed by atoms with Gasteiger partial charge in [-0.15, -0.1) is 0 Å². The third-order valence-electron chi connectivity index (χ3n) is 3.43. The van der Waals surface area contributed by atoms with Crippen molar-refractivity contribution in [1.29, 1.82) is 0 Å². The first-order valence-electron chi connectivity index (χ1n) is 7.59. The van der Waals surface area contributed by atoms with Crippen LogP contribution >= 0.6 is 0 Å². The van der Waals surface area contributed by atoms with Gasteiger partial charge in [0.2, 0.25) is 13.9 Å². The van der Waals surface area contributed by atoms with Crippen LogP contribution in [0.3, 0.4) is 0 Å². The highest BCUT2D eigenvalue weighted by Crippen LogP contribution is 2.26. The molecule has 0 aromatic heterocycles. The van der Waals surface area contributed by atoms with Crippen LogP contribution in [0.1, 0.15) is 27.2 Å². The van der Waals surface area contributed by atoms with E-state index in [9.17, 15) is 4.79 Å². The minimum atomic E-state index is -0.227. The van der Waals surface area contributed by atoms with Crippen LogP contribution < -0.4 is 25.9 Å². The number of halogens is 1. The van der Waals surface area contributed by atoms with Crippen LogP contribution in [0.2, 0.25) is 0 Å². The molecule has 3 rings (SSSR count). The van der Waals surface area contributed by atoms with Crippen LogP contribution in [0.5, 0.6) is 5.75 Å². The molecule has 0 saturated heterocycles. The Morgan fingerprint density at radius 1 is 1.04 bits per heavy atom. The summed E-state index contributed by atoms with van der Waals surface area (Å²) in [6.07, 6.45) is 0.387. The van der Waals surface area contributed by atoms with Crippen LogP contribution in [0.4, 0.5) is 0 Å². The highest BCUT2D eigenvalue weighted by molar-refractivity contribution is 5.70. The van der Waals surface area contributed by atoms with Gasteiger partial charge in [-0.1, -0.05) is 32.9 Å². The Balaban J connectivity index is 1.62. The van der Waals surface area contributed by atoms with E-state index in [0.29, 0.717) is 6.42 Å². The molecule has 120 valence electrons. The maximum atomic E-state index is 11.7. The Morgan fingerprint density at radius 2 is 1.78 bits per heavy atom. The average molecular weight is 423 g/mol. The van der Waals surface area contributed by atoms with Gasteiger partial charge in [0.15, 0.2) is 0 Å². The van der Waals surface area contributed by atoms with Crippen LogP contribution in [0.15, 0.2) is 42.5 Å². The first-order chi connectivity index (χ1) is 10.9. The van der Waals surface area contributed by atoms with Gasteiger partial charge in [-0.2, -0.15) is 0 Å². The SMILES string of the molecule is CC(C)(C)CC(=O)OCOc1ccc2c(c1)-c1ccccc1[I+]2. The minimum absolute atomic E-state index is 0.0373.